The van der Waals surface area contributed by atoms with Crippen molar-refractivity contribution in [3.05, 3.63) is 53.7 Å². The Bertz CT molecular complexity index is 729. The second kappa shape index (κ2) is 10.5. The molecule has 1 aromatic carbocycles. The van der Waals surface area contributed by atoms with Crippen LogP contribution in [0.5, 0.6) is 0 Å². The fourth-order valence-electron chi connectivity index (χ4n) is 2.87. The maximum absolute atomic E-state index is 13.2. The topological polar surface area (TPSA) is 81.9 Å². The summed E-state index contributed by atoms with van der Waals surface area (Å²) in [4.78, 5) is 30.6. The average molecular weight is 374 g/mol. The number of carbonyl (C=O) groups excluding carboxylic acids is 2. The van der Waals surface area contributed by atoms with Gasteiger partial charge in [0, 0.05) is 20.3 Å². The molecule has 2 rings (SSSR count). The Balaban J connectivity index is 2.18. The van der Waals surface area contributed by atoms with Crippen molar-refractivity contribution >= 4 is 11.9 Å². The first-order valence-electron chi connectivity index (χ1n) is 8.96. The Morgan fingerprint density at radius 1 is 1.22 bits per heavy atom. The number of benzene rings is 1. The van der Waals surface area contributed by atoms with Gasteiger partial charge in [0.05, 0.1) is 19.6 Å². The van der Waals surface area contributed by atoms with Crippen molar-refractivity contribution in [3.63, 3.8) is 0 Å². The molecule has 0 bridgehead atoms. The van der Waals surface area contributed by atoms with Crippen molar-refractivity contribution in [1.82, 2.24) is 9.88 Å². The third kappa shape index (κ3) is 5.65. The van der Waals surface area contributed by atoms with Crippen molar-refractivity contribution < 1.29 is 23.5 Å². The van der Waals surface area contributed by atoms with E-state index in [4.69, 9.17) is 9.15 Å². The molecular weight excluding hydrogens is 348 g/mol. The highest BCUT2D eigenvalue weighted by Crippen LogP contribution is 2.23. The number of amides is 1. The van der Waals surface area contributed by atoms with E-state index in [1.54, 1.807) is 12.0 Å². The monoisotopic (exact) mass is 374 g/mol. The molecule has 27 heavy (non-hydrogen) atoms. The van der Waals surface area contributed by atoms with Crippen molar-refractivity contribution in [2.24, 2.45) is 0 Å². The van der Waals surface area contributed by atoms with Gasteiger partial charge in [-0.15, -0.1) is 0 Å². The van der Waals surface area contributed by atoms with Crippen LogP contribution in [0.2, 0.25) is 0 Å². The molecule has 0 radical (unpaired) electrons. The lowest BCUT2D eigenvalue weighted by Gasteiger charge is -2.26. The molecule has 2 aromatic rings. The van der Waals surface area contributed by atoms with Crippen LogP contribution in [0.15, 0.2) is 41.0 Å². The minimum Gasteiger partial charge on any atom is -0.464 e. The predicted molar refractivity (Wildman–Crippen MR) is 99.2 cm³/mol. The number of rotatable bonds is 10. The maximum atomic E-state index is 13.2. The largest absolute Gasteiger partial charge is 0.464 e. The third-order valence-electron chi connectivity index (χ3n) is 4.27. The van der Waals surface area contributed by atoms with Crippen molar-refractivity contribution in [1.29, 1.82) is 0 Å². The van der Waals surface area contributed by atoms with Crippen LogP contribution in [0.1, 0.15) is 47.6 Å². The molecule has 1 amide bonds. The van der Waals surface area contributed by atoms with Crippen LogP contribution in [0.25, 0.3) is 0 Å². The van der Waals surface area contributed by atoms with E-state index in [-0.39, 0.29) is 24.1 Å². The number of hydrogen-bond acceptors (Lipinski definition) is 6. The summed E-state index contributed by atoms with van der Waals surface area (Å²) in [6.45, 7) is 3.23. The second-order valence-electron chi connectivity index (χ2n) is 6.10. The highest BCUT2D eigenvalue weighted by Gasteiger charge is 2.26. The smallest absolute Gasteiger partial charge is 0.360 e. The van der Waals surface area contributed by atoms with E-state index in [1.807, 2.05) is 37.3 Å². The molecule has 7 nitrogen and oxygen atoms in total. The molecule has 1 heterocycles. The van der Waals surface area contributed by atoms with Crippen LogP contribution in [-0.4, -0.2) is 49.1 Å². The fraction of sp³-hybridized carbons (Fsp3) is 0.450. The van der Waals surface area contributed by atoms with Gasteiger partial charge in [0.25, 0.3) is 0 Å². The van der Waals surface area contributed by atoms with Gasteiger partial charge < -0.3 is 18.8 Å². The van der Waals surface area contributed by atoms with Crippen LogP contribution in [0.4, 0.5) is 0 Å². The minimum absolute atomic E-state index is 0.00220. The lowest BCUT2D eigenvalue weighted by Crippen LogP contribution is -2.36. The summed E-state index contributed by atoms with van der Waals surface area (Å²) in [5, 5.41) is 0. The molecule has 0 unspecified atom stereocenters. The van der Waals surface area contributed by atoms with E-state index in [1.165, 1.54) is 13.4 Å². The number of carbonyl (C=O) groups is 2. The Kier molecular flexibility index (Phi) is 8.00. The zero-order valence-corrected chi connectivity index (χ0v) is 16.0. The molecule has 0 saturated carbocycles. The Morgan fingerprint density at radius 3 is 2.59 bits per heavy atom. The number of nitrogens with zero attached hydrogens (tertiary/aromatic N) is 2. The molecule has 0 spiro atoms. The number of hydrogen-bond donors (Lipinski definition) is 0. The SMILES string of the molecule is CC[C@H](C(=O)N(CCCOC)Cc1nc(C(=O)OC)co1)c1ccccc1. The summed E-state index contributed by atoms with van der Waals surface area (Å²) in [5.74, 6) is -0.525. The van der Waals surface area contributed by atoms with Gasteiger partial charge in [-0.1, -0.05) is 37.3 Å². The second-order valence-corrected chi connectivity index (χ2v) is 6.10. The number of esters is 1. The van der Waals surface area contributed by atoms with Gasteiger partial charge in [0.15, 0.2) is 5.69 Å². The number of oxazole rings is 1. The third-order valence-corrected chi connectivity index (χ3v) is 4.27. The number of ether oxygens (including phenoxy) is 2. The lowest BCUT2D eigenvalue weighted by atomic mass is 9.95. The van der Waals surface area contributed by atoms with Crippen LogP contribution >= 0.6 is 0 Å². The molecule has 7 heteroatoms. The molecule has 0 fully saturated rings. The van der Waals surface area contributed by atoms with Gasteiger partial charge in [0.2, 0.25) is 11.8 Å². The van der Waals surface area contributed by atoms with Gasteiger partial charge in [-0.25, -0.2) is 9.78 Å². The molecular formula is C20H26N2O5. The van der Waals surface area contributed by atoms with Crippen LogP contribution in [0.3, 0.4) is 0 Å². The van der Waals surface area contributed by atoms with Gasteiger partial charge in [-0.05, 0) is 18.4 Å². The zero-order valence-electron chi connectivity index (χ0n) is 16.0. The summed E-state index contributed by atoms with van der Waals surface area (Å²) in [6, 6.07) is 9.70. The van der Waals surface area contributed by atoms with E-state index < -0.39 is 5.97 Å². The van der Waals surface area contributed by atoms with Gasteiger partial charge in [-0.2, -0.15) is 0 Å². The number of methoxy groups -OCH3 is 2. The molecule has 0 aliphatic rings. The molecule has 0 aliphatic carbocycles. The first kappa shape index (κ1) is 20.6. The molecule has 1 atom stereocenters. The highest BCUT2D eigenvalue weighted by molar-refractivity contribution is 5.86. The Hall–Kier alpha value is -2.67. The molecule has 0 aliphatic heterocycles. The van der Waals surface area contributed by atoms with Crippen LogP contribution in [0, 0.1) is 0 Å². The van der Waals surface area contributed by atoms with Gasteiger partial charge >= 0.3 is 5.97 Å². The van der Waals surface area contributed by atoms with E-state index in [0.29, 0.717) is 31.9 Å². The molecule has 0 saturated heterocycles. The van der Waals surface area contributed by atoms with E-state index in [9.17, 15) is 9.59 Å². The molecule has 1 aromatic heterocycles. The summed E-state index contributed by atoms with van der Waals surface area (Å²) < 4.78 is 15.1. The van der Waals surface area contributed by atoms with Crippen molar-refractivity contribution in [2.75, 3.05) is 27.4 Å². The summed E-state index contributed by atoms with van der Waals surface area (Å²) in [6.07, 6.45) is 2.62. The summed E-state index contributed by atoms with van der Waals surface area (Å²) >= 11 is 0. The van der Waals surface area contributed by atoms with E-state index in [0.717, 1.165) is 5.56 Å². The molecule has 146 valence electrons. The van der Waals surface area contributed by atoms with E-state index >= 15 is 0 Å². The maximum Gasteiger partial charge on any atom is 0.360 e. The lowest BCUT2D eigenvalue weighted by molar-refractivity contribution is -0.134. The predicted octanol–water partition coefficient (Wildman–Crippen LogP) is 3.02. The Morgan fingerprint density at radius 2 is 1.96 bits per heavy atom. The molecule has 0 N–H and O–H groups in total. The van der Waals surface area contributed by atoms with Gasteiger partial charge in [-0.3, -0.25) is 4.79 Å². The first-order chi connectivity index (χ1) is 13.1. The van der Waals surface area contributed by atoms with Crippen molar-refractivity contribution in [2.45, 2.75) is 32.2 Å². The standard InChI is InChI=1S/C20H26N2O5/c1-4-16(15-9-6-5-7-10-15)19(23)22(11-8-12-25-2)13-18-21-17(14-27-18)20(24)26-3/h5-7,9-10,14,16H,4,8,11-13H2,1-3H3/t16-/m0/s1. The number of aromatic nitrogens is 1. The first-order valence-corrected chi connectivity index (χ1v) is 8.96. The van der Waals surface area contributed by atoms with Crippen LogP contribution in [-0.2, 0) is 20.8 Å². The summed E-state index contributed by atoms with van der Waals surface area (Å²) in [5.41, 5.74) is 1.07. The fourth-order valence-corrected chi connectivity index (χ4v) is 2.87. The summed E-state index contributed by atoms with van der Waals surface area (Å²) in [7, 11) is 2.91. The zero-order chi connectivity index (χ0) is 19.6. The van der Waals surface area contributed by atoms with Gasteiger partial charge in [0.1, 0.15) is 6.26 Å². The average Bonchev–Trinajstić information content (AvgIpc) is 3.16. The highest BCUT2D eigenvalue weighted by atomic mass is 16.5. The van der Waals surface area contributed by atoms with Crippen LogP contribution < -0.4 is 0 Å². The Labute approximate surface area is 159 Å². The minimum atomic E-state index is -0.571. The normalized spacial score (nSPS) is 11.8. The quantitative estimate of drug-likeness (QED) is 0.470. The van der Waals surface area contributed by atoms with E-state index in [2.05, 4.69) is 9.72 Å². The van der Waals surface area contributed by atoms with Crippen molar-refractivity contribution in [3.8, 4) is 0 Å².